The molecular weight excluding hydrogens is 266 g/mol. The van der Waals surface area contributed by atoms with Crippen molar-refractivity contribution in [3.8, 4) is 0 Å². The van der Waals surface area contributed by atoms with Gasteiger partial charge in [0.25, 0.3) is 5.91 Å². The highest BCUT2D eigenvalue weighted by Gasteiger charge is 2.08. The minimum absolute atomic E-state index is 0.193. The van der Waals surface area contributed by atoms with E-state index in [1.54, 1.807) is 6.07 Å². The lowest BCUT2D eigenvalue weighted by atomic mass is 10.2. The predicted octanol–water partition coefficient (Wildman–Crippen LogP) is 2.83. The molecule has 1 amide bonds. The molecule has 0 aliphatic heterocycles. The number of thiophene rings is 1. The van der Waals surface area contributed by atoms with Crippen molar-refractivity contribution < 1.29 is 9.63 Å². The van der Waals surface area contributed by atoms with Crippen molar-refractivity contribution in [2.45, 2.75) is 13.8 Å². The fourth-order valence-electron chi connectivity index (χ4n) is 0.761. The molecule has 0 fully saturated rings. The first-order valence-electron chi connectivity index (χ1n) is 4.27. The second kappa shape index (κ2) is 5.48. The summed E-state index contributed by atoms with van der Waals surface area (Å²) in [6, 6.07) is 3.59. The molecule has 1 heterocycles. The maximum atomic E-state index is 11.4. The first-order valence-corrected chi connectivity index (χ1v) is 5.88. The van der Waals surface area contributed by atoms with E-state index in [4.69, 9.17) is 4.84 Å². The fourth-order valence-corrected chi connectivity index (χ4v) is 2.03. The zero-order valence-electron chi connectivity index (χ0n) is 8.04. The third kappa shape index (κ3) is 3.77. The van der Waals surface area contributed by atoms with E-state index >= 15 is 0 Å². The standard InChI is InChI=1S/C9H12BrNO2S/c1-6(2)5-13-11-9(12)7-3-4-8(10)14-7/h3-4,6H,5H2,1-2H3,(H,11,12). The van der Waals surface area contributed by atoms with Crippen LogP contribution in [-0.2, 0) is 4.84 Å². The van der Waals surface area contributed by atoms with Gasteiger partial charge in [-0.15, -0.1) is 11.3 Å². The Kier molecular flexibility index (Phi) is 4.57. The molecule has 1 rings (SSSR count). The molecule has 3 nitrogen and oxygen atoms in total. The van der Waals surface area contributed by atoms with Crippen LogP contribution in [0.2, 0.25) is 0 Å². The van der Waals surface area contributed by atoms with E-state index in [9.17, 15) is 4.79 Å². The highest BCUT2D eigenvalue weighted by Crippen LogP contribution is 2.21. The zero-order valence-corrected chi connectivity index (χ0v) is 10.4. The Morgan fingerprint density at radius 3 is 2.86 bits per heavy atom. The van der Waals surface area contributed by atoms with E-state index in [1.807, 2.05) is 19.9 Å². The first kappa shape index (κ1) is 11.7. The summed E-state index contributed by atoms with van der Waals surface area (Å²) in [5, 5.41) is 0. The summed E-state index contributed by atoms with van der Waals surface area (Å²) in [4.78, 5) is 17.0. The van der Waals surface area contributed by atoms with Gasteiger partial charge in [0, 0.05) is 0 Å². The molecule has 5 heteroatoms. The van der Waals surface area contributed by atoms with Crippen LogP contribution in [0.4, 0.5) is 0 Å². The lowest BCUT2D eigenvalue weighted by Gasteiger charge is -2.06. The number of hydroxylamine groups is 1. The SMILES string of the molecule is CC(C)CONC(=O)c1ccc(Br)s1. The van der Waals surface area contributed by atoms with Gasteiger partial charge in [-0.05, 0) is 34.0 Å². The molecule has 0 bridgehead atoms. The average Bonchev–Trinajstić information content (AvgIpc) is 2.51. The molecule has 1 aromatic heterocycles. The number of nitrogens with one attached hydrogen (secondary N) is 1. The van der Waals surface area contributed by atoms with Crippen LogP contribution < -0.4 is 5.48 Å². The smallest absolute Gasteiger partial charge is 0.273 e. The molecule has 0 unspecified atom stereocenters. The largest absolute Gasteiger partial charge is 0.284 e. The second-order valence-electron chi connectivity index (χ2n) is 3.24. The number of hydrogen-bond donors (Lipinski definition) is 1. The number of amides is 1. The van der Waals surface area contributed by atoms with E-state index in [0.717, 1.165) is 3.79 Å². The summed E-state index contributed by atoms with van der Waals surface area (Å²) in [7, 11) is 0. The lowest BCUT2D eigenvalue weighted by Crippen LogP contribution is -2.24. The van der Waals surface area contributed by atoms with Gasteiger partial charge in [0.15, 0.2) is 0 Å². The van der Waals surface area contributed by atoms with Gasteiger partial charge in [-0.2, -0.15) is 0 Å². The van der Waals surface area contributed by atoms with Crippen molar-refractivity contribution in [2.75, 3.05) is 6.61 Å². The van der Waals surface area contributed by atoms with Crippen LogP contribution in [0, 0.1) is 5.92 Å². The molecule has 14 heavy (non-hydrogen) atoms. The molecule has 0 atom stereocenters. The van der Waals surface area contributed by atoms with Gasteiger partial charge in [0.2, 0.25) is 0 Å². The van der Waals surface area contributed by atoms with Crippen molar-refractivity contribution in [3.05, 3.63) is 20.8 Å². The zero-order chi connectivity index (χ0) is 10.6. The number of carbonyl (C=O) groups excluding carboxylic acids is 1. The molecular formula is C9H12BrNO2S. The van der Waals surface area contributed by atoms with E-state index in [2.05, 4.69) is 21.4 Å². The maximum Gasteiger partial charge on any atom is 0.284 e. The van der Waals surface area contributed by atoms with Gasteiger partial charge in [-0.3, -0.25) is 9.63 Å². The molecule has 0 saturated heterocycles. The topological polar surface area (TPSA) is 38.3 Å². The normalized spacial score (nSPS) is 10.6. The summed E-state index contributed by atoms with van der Waals surface area (Å²) < 4.78 is 0.937. The van der Waals surface area contributed by atoms with Crippen LogP contribution in [0.15, 0.2) is 15.9 Å². The molecule has 0 aliphatic carbocycles. The highest BCUT2D eigenvalue weighted by molar-refractivity contribution is 9.11. The van der Waals surface area contributed by atoms with Gasteiger partial charge in [-0.1, -0.05) is 13.8 Å². The van der Waals surface area contributed by atoms with E-state index in [1.165, 1.54) is 11.3 Å². The maximum absolute atomic E-state index is 11.4. The Balaban J connectivity index is 2.36. The van der Waals surface area contributed by atoms with Crippen LogP contribution in [-0.4, -0.2) is 12.5 Å². The Hall–Kier alpha value is -0.390. The lowest BCUT2D eigenvalue weighted by molar-refractivity contribution is 0.0212. The van der Waals surface area contributed by atoms with Gasteiger partial charge >= 0.3 is 0 Å². The van der Waals surface area contributed by atoms with Crippen molar-refractivity contribution in [1.29, 1.82) is 0 Å². The predicted molar refractivity (Wildman–Crippen MR) is 60.3 cm³/mol. The van der Waals surface area contributed by atoms with E-state index in [-0.39, 0.29) is 5.91 Å². The van der Waals surface area contributed by atoms with Crippen LogP contribution in [0.25, 0.3) is 0 Å². The molecule has 1 aromatic rings. The first-order chi connectivity index (χ1) is 6.59. The van der Waals surface area contributed by atoms with Crippen LogP contribution in [0.1, 0.15) is 23.5 Å². The Bertz CT molecular complexity index is 312. The molecule has 1 N–H and O–H groups in total. The minimum atomic E-state index is -0.193. The molecule has 0 aromatic carbocycles. The Morgan fingerprint density at radius 2 is 2.36 bits per heavy atom. The second-order valence-corrected chi connectivity index (χ2v) is 5.70. The number of carbonyl (C=O) groups is 1. The number of rotatable bonds is 4. The monoisotopic (exact) mass is 277 g/mol. The quantitative estimate of drug-likeness (QED) is 0.860. The van der Waals surface area contributed by atoms with Crippen LogP contribution in [0.3, 0.4) is 0 Å². The van der Waals surface area contributed by atoms with E-state index in [0.29, 0.717) is 17.4 Å². The van der Waals surface area contributed by atoms with Crippen molar-refractivity contribution >= 4 is 33.2 Å². The molecule has 0 radical (unpaired) electrons. The fraction of sp³-hybridized carbons (Fsp3) is 0.444. The highest BCUT2D eigenvalue weighted by atomic mass is 79.9. The summed E-state index contributed by atoms with van der Waals surface area (Å²) in [5.41, 5.74) is 2.39. The van der Waals surface area contributed by atoms with Crippen LogP contribution in [0.5, 0.6) is 0 Å². The van der Waals surface area contributed by atoms with Gasteiger partial charge in [0.1, 0.15) is 0 Å². The average molecular weight is 278 g/mol. The Labute approximate surface area is 95.5 Å². The molecule has 0 spiro atoms. The molecule has 0 saturated carbocycles. The van der Waals surface area contributed by atoms with Gasteiger partial charge in [-0.25, -0.2) is 5.48 Å². The van der Waals surface area contributed by atoms with Gasteiger partial charge in [0.05, 0.1) is 15.3 Å². The Morgan fingerprint density at radius 1 is 1.64 bits per heavy atom. The van der Waals surface area contributed by atoms with Crippen LogP contribution >= 0.6 is 27.3 Å². The van der Waals surface area contributed by atoms with Crippen molar-refractivity contribution in [3.63, 3.8) is 0 Å². The molecule has 78 valence electrons. The molecule has 0 aliphatic rings. The summed E-state index contributed by atoms with van der Waals surface area (Å²) in [6.45, 7) is 4.57. The summed E-state index contributed by atoms with van der Waals surface area (Å²) >= 11 is 4.67. The van der Waals surface area contributed by atoms with Gasteiger partial charge < -0.3 is 0 Å². The van der Waals surface area contributed by atoms with E-state index < -0.39 is 0 Å². The summed E-state index contributed by atoms with van der Waals surface area (Å²) in [6.07, 6.45) is 0. The third-order valence-corrected chi connectivity index (χ3v) is 3.00. The summed E-state index contributed by atoms with van der Waals surface area (Å²) in [5.74, 6) is 0.215. The number of hydrogen-bond acceptors (Lipinski definition) is 3. The van der Waals surface area contributed by atoms with Crippen molar-refractivity contribution in [2.24, 2.45) is 5.92 Å². The third-order valence-electron chi connectivity index (χ3n) is 1.38. The minimum Gasteiger partial charge on any atom is -0.273 e. The van der Waals surface area contributed by atoms with Crippen molar-refractivity contribution in [1.82, 2.24) is 5.48 Å². The number of halogens is 1.